The largest absolute Gasteiger partial charge is 0.488 e. The van der Waals surface area contributed by atoms with E-state index in [1.165, 1.54) is 17.4 Å². The number of nitrogens with zero attached hydrogens (tertiary/aromatic N) is 3. The van der Waals surface area contributed by atoms with Gasteiger partial charge < -0.3 is 4.74 Å². The number of rotatable bonds is 4. The third-order valence-electron chi connectivity index (χ3n) is 3.73. The van der Waals surface area contributed by atoms with Crippen LogP contribution in [-0.4, -0.2) is 15.4 Å². The van der Waals surface area contributed by atoms with Gasteiger partial charge in [0.1, 0.15) is 35.8 Å². The van der Waals surface area contributed by atoms with Crippen LogP contribution in [0.25, 0.3) is 21.3 Å². The molecule has 0 saturated carbocycles. The molecular weight excluding hydrogens is 358 g/mol. The maximum Gasteiger partial charge on any atom is 0.190 e. The normalized spacial score (nSPS) is 10.8. The van der Waals surface area contributed by atoms with E-state index in [4.69, 9.17) is 10.00 Å². The fraction of sp³-hybridized carbons (Fsp3) is 0.0556. The first kappa shape index (κ1) is 16.2. The van der Waals surface area contributed by atoms with Gasteiger partial charge in [0.15, 0.2) is 5.69 Å². The van der Waals surface area contributed by atoms with Crippen LogP contribution in [0.1, 0.15) is 10.6 Å². The summed E-state index contributed by atoms with van der Waals surface area (Å²) in [6.07, 6.45) is 0. The first-order valence-corrected chi connectivity index (χ1v) is 8.37. The maximum absolute atomic E-state index is 13.8. The van der Waals surface area contributed by atoms with Crippen molar-refractivity contribution in [1.82, 2.24) is 15.4 Å². The average Bonchev–Trinajstić information content (AvgIpc) is 3.26. The Hall–Kier alpha value is -3.31. The second kappa shape index (κ2) is 6.54. The number of fused-ring (bicyclic) bond motifs is 1. The van der Waals surface area contributed by atoms with Gasteiger partial charge in [0, 0.05) is 16.5 Å². The molecule has 0 amide bonds. The second-order valence-corrected chi connectivity index (χ2v) is 6.60. The molecule has 0 saturated heterocycles. The Morgan fingerprint density at radius 3 is 2.88 bits per heavy atom. The Balaban J connectivity index is 1.56. The molecule has 0 spiro atoms. The first-order chi connectivity index (χ1) is 12.6. The van der Waals surface area contributed by atoms with Crippen LogP contribution in [0.4, 0.5) is 8.78 Å². The Morgan fingerprint density at radius 1 is 1.15 bits per heavy atom. The molecular formula is C18H10F2N4OS. The molecule has 0 fully saturated rings. The van der Waals surface area contributed by atoms with Gasteiger partial charge in [-0.2, -0.15) is 15.6 Å². The lowest BCUT2D eigenvalue weighted by atomic mass is 10.1. The molecule has 5 nitrogen and oxygen atoms in total. The molecule has 0 radical (unpaired) electrons. The predicted molar refractivity (Wildman–Crippen MR) is 92.6 cm³/mol. The fourth-order valence-corrected chi connectivity index (χ4v) is 3.56. The van der Waals surface area contributed by atoms with E-state index >= 15 is 0 Å². The summed E-state index contributed by atoms with van der Waals surface area (Å²) in [7, 11) is 0. The number of nitrogens with one attached hydrogen (secondary N) is 1. The highest BCUT2D eigenvalue weighted by Crippen LogP contribution is 2.30. The Morgan fingerprint density at radius 2 is 2.04 bits per heavy atom. The van der Waals surface area contributed by atoms with Crippen LogP contribution in [-0.2, 0) is 6.61 Å². The molecule has 0 atom stereocenters. The monoisotopic (exact) mass is 368 g/mol. The Kier molecular flexibility index (Phi) is 4.07. The van der Waals surface area contributed by atoms with E-state index in [1.807, 2.05) is 6.07 Å². The van der Waals surface area contributed by atoms with Gasteiger partial charge in [0.25, 0.3) is 0 Å². The van der Waals surface area contributed by atoms with Crippen molar-refractivity contribution >= 4 is 21.4 Å². The third-order valence-corrected chi connectivity index (χ3v) is 4.86. The van der Waals surface area contributed by atoms with Gasteiger partial charge in [-0.15, -0.1) is 16.4 Å². The van der Waals surface area contributed by atoms with Gasteiger partial charge in [0.05, 0.1) is 4.70 Å². The molecule has 2 aromatic heterocycles. The smallest absolute Gasteiger partial charge is 0.190 e. The topological polar surface area (TPSA) is 74.6 Å². The van der Waals surface area contributed by atoms with E-state index in [-0.39, 0.29) is 12.3 Å². The molecule has 1 N–H and O–H groups in total. The molecule has 0 aliphatic rings. The summed E-state index contributed by atoms with van der Waals surface area (Å²) < 4.78 is 33.2. The molecule has 0 aliphatic carbocycles. The predicted octanol–water partition coefficient (Wildman–Crippen LogP) is 4.42. The van der Waals surface area contributed by atoms with Crippen molar-refractivity contribution in [2.45, 2.75) is 6.61 Å². The molecule has 4 rings (SSSR count). The number of hydrogen-bond donors (Lipinski definition) is 1. The molecule has 0 aliphatic heterocycles. The van der Waals surface area contributed by atoms with Crippen LogP contribution < -0.4 is 4.74 Å². The van der Waals surface area contributed by atoms with Crippen molar-refractivity contribution in [3.05, 3.63) is 64.7 Å². The molecule has 26 heavy (non-hydrogen) atoms. The van der Waals surface area contributed by atoms with Gasteiger partial charge in [-0.25, -0.2) is 8.78 Å². The van der Waals surface area contributed by atoms with Crippen molar-refractivity contribution in [3.63, 3.8) is 0 Å². The van der Waals surface area contributed by atoms with Crippen molar-refractivity contribution < 1.29 is 13.5 Å². The lowest BCUT2D eigenvalue weighted by Crippen LogP contribution is -1.93. The Labute approximate surface area is 150 Å². The number of halogens is 2. The quantitative estimate of drug-likeness (QED) is 0.579. The van der Waals surface area contributed by atoms with E-state index in [0.29, 0.717) is 27.1 Å². The number of benzene rings is 2. The SMILES string of the molecule is N#Cc1n[nH]nc1-c1cccc(OCc2cc3cc(F)cc(F)c3s2)c1. The van der Waals surface area contributed by atoms with Crippen molar-refractivity contribution in [1.29, 1.82) is 5.26 Å². The summed E-state index contributed by atoms with van der Waals surface area (Å²) in [5, 5.41) is 19.7. The van der Waals surface area contributed by atoms with Gasteiger partial charge >= 0.3 is 0 Å². The van der Waals surface area contributed by atoms with E-state index in [1.54, 1.807) is 30.3 Å². The Bertz CT molecular complexity index is 1150. The van der Waals surface area contributed by atoms with E-state index in [0.717, 1.165) is 10.9 Å². The van der Waals surface area contributed by atoms with E-state index in [2.05, 4.69) is 15.4 Å². The van der Waals surface area contributed by atoms with Crippen molar-refractivity contribution in [3.8, 4) is 23.1 Å². The molecule has 4 aromatic rings. The third kappa shape index (κ3) is 3.00. The standard InChI is InChI=1S/C18H10F2N4OS/c19-12-4-11-6-14(26-18(11)15(20)7-12)9-25-13-3-1-2-10(5-13)17-16(8-21)22-24-23-17/h1-7H,9H2,(H,22,23,24). The summed E-state index contributed by atoms with van der Waals surface area (Å²) in [4.78, 5) is 0.772. The average molecular weight is 368 g/mol. The van der Waals surface area contributed by atoms with Gasteiger partial charge in [-0.3, -0.25) is 0 Å². The maximum atomic E-state index is 13.8. The summed E-state index contributed by atoms with van der Waals surface area (Å²) in [6, 6.07) is 12.9. The minimum Gasteiger partial charge on any atom is -0.488 e. The molecule has 0 bridgehead atoms. The van der Waals surface area contributed by atoms with Crippen LogP contribution in [0.5, 0.6) is 5.75 Å². The van der Waals surface area contributed by atoms with Crippen LogP contribution in [0.3, 0.4) is 0 Å². The van der Waals surface area contributed by atoms with Crippen molar-refractivity contribution in [2.24, 2.45) is 0 Å². The number of ether oxygens (including phenoxy) is 1. The van der Waals surface area contributed by atoms with Gasteiger partial charge in [0.2, 0.25) is 0 Å². The summed E-state index contributed by atoms with van der Waals surface area (Å²) in [5.41, 5.74) is 1.33. The van der Waals surface area contributed by atoms with Crippen LogP contribution in [0, 0.1) is 23.0 Å². The number of thiophene rings is 1. The van der Waals surface area contributed by atoms with Crippen molar-refractivity contribution in [2.75, 3.05) is 0 Å². The fourth-order valence-electron chi connectivity index (χ4n) is 2.60. The molecule has 8 heteroatoms. The van der Waals surface area contributed by atoms with E-state index < -0.39 is 11.6 Å². The van der Waals surface area contributed by atoms with Crippen LogP contribution >= 0.6 is 11.3 Å². The second-order valence-electron chi connectivity index (χ2n) is 5.47. The highest BCUT2D eigenvalue weighted by molar-refractivity contribution is 7.19. The zero-order valence-corrected chi connectivity index (χ0v) is 14.0. The van der Waals surface area contributed by atoms with Crippen LogP contribution in [0.15, 0.2) is 42.5 Å². The number of aromatic amines is 1. The highest BCUT2D eigenvalue weighted by Gasteiger charge is 2.12. The lowest BCUT2D eigenvalue weighted by Gasteiger charge is -2.06. The first-order valence-electron chi connectivity index (χ1n) is 7.55. The molecule has 128 valence electrons. The summed E-state index contributed by atoms with van der Waals surface area (Å²) >= 11 is 1.22. The molecule has 2 aromatic carbocycles. The molecule has 2 heterocycles. The van der Waals surface area contributed by atoms with Crippen LogP contribution in [0.2, 0.25) is 0 Å². The zero-order valence-electron chi connectivity index (χ0n) is 13.2. The zero-order chi connectivity index (χ0) is 18.1. The minimum atomic E-state index is -0.603. The van der Waals surface area contributed by atoms with Gasteiger partial charge in [-0.05, 0) is 29.7 Å². The lowest BCUT2D eigenvalue weighted by molar-refractivity contribution is 0.310. The number of nitriles is 1. The molecule has 0 unspecified atom stereocenters. The highest BCUT2D eigenvalue weighted by atomic mass is 32.1. The van der Waals surface area contributed by atoms with Gasteiger partial charge in [-0.1, -0.05) is 12.1 Å². The summed E-state index contributed by atoms with van der Waals surface area (Å²) in [6.45, 7) is 0.216. The minimum absolute atomic E-state index is 0.198. The number of H-pyrrole nitrogens is 1. The number of aromatic nitrogens is 3. The summed E-state index contributed by atoms with van der Waals surface area (Å²) in [5.74, 6) is -0.610. The van der Waals surface area contributed by atoms with E-state index in [9.17, 15) is 8.78 Å². The number of hydrogen-bond acceptors (Lipinski definition) is 5.